The highest BCUT2D eigenvalue weighted by Crippen LogP contribution is 2.07. The minimum Gasteiger partial charge on any atom is -0.370 e. The lowest BCUT2D eigenvalue weighted by Gasteiger charge is -2.04. The van der Waals surface area contributed by atoms with Crippen molar-refractivity contribution in [2.45, 2.75) is 52.0 Å². The van der Waals surface area contributed by atoms with E-state index in [1.807, 2.05) is 13.1 Å². The lowest BCUT2D eigenvalue weighted by Crippen LogP contribution is -2.09. The summed E-state index contributed by atoms with van der Waals surface area (Å²) in [5.41, 5.74) is 5.06. The summed E-state index contributed by atoms with van der Waals surface area (Å²) in [6.45, 7) is 3.00. The molecule has 4 nitrogen and oxygen atoms in total. The van der Waals surface area contributed by atoms with Gasteiger partial charge in [-0.25, -0.2) is 4.98 Å². The first-order valence-electron chi connectivity index (χ1n) is 5.88. The van der Waals surface area contributed by atoms with Gasteiger partial charge in [0.1, 0.15) is 12.0 Å². The van der Waals surface area contributed by atoms with Gasteiger partial charge in [0, 0.05) is 19.2 Å². The Bertz CT molecular complexity index is 320. The molecule has 16 heavy (non-hydrogen) atoms. The molecule has 1 aromatic heterocycles. The molecular formula is C12H20N3O. The molecule has 1 aromatic rings. The largest absolute Gasteiger partial charge is 0.370 e. The van der Waals surface area contributed by atoms with E-state index in [1.165, 1.54) is 12.8 Å². The summed E-state index contributed by atoms with van der Waals surface area (Å²) in [6, 6.07) is 0. The molecule has 1 rings (SSSR count). The molecule has 2 N–H and O–H groups in total. The highest BCUT2D eigenvalue weighted by Gasteiger charge is 1.97. The van der Waals surface area contributed by atoms with Gasteiger partial charge in [-0.1, -0.05) is 19.3 Å². The maximum absolute atomic E-state index is 10.5. The Balaban J connectivity index is 1.96. The molecule has 0 fully saturated rings. The minimum absolute atomic E-state index is 0.190. The van der Waals surface area contributed by atoms with Gasteiger partial charge < -0.3 is 10.3 Å². The molecule has 0 aliphatic carbocycles. The average Bonchev–Trinajstić information content (AvgIpc) is 2.62. The zero-order valence-electron chi connectivity index (χ0n) is 9.91. The predicted octanol–water partition coefficient (Wildman–Crippen LogP) is 1.82. The molecule has 0 aromatic carbocycles. The molecule has 0 atom stereocenters. The number of nitrogens with two attached hydrogens (primary N) is 1. The zero-order valence-corrected chi connectivity index (χ0v) is 9.91. The van der Waals surface area contributed by atoms with E-state index in [1.54, 1.807) is 0 Å². The number of carbonyl (C=O) groups excluding carboxylic acids is 1. The van der Waals surface area contributed by atoms with Gasteiger partial charge in [-0.15, -0.1) is 0 Å². The van der Waals surface area contributed by atoms with Gasteiger partial charge in [0.15, 0.2) is 0 Å². The van der Waals surface area contributed by atoms with Gasteiger partial charge in [-0.3, -0.25) is 4.79 Å². The maximum atomic E-state index is 10.5. The molecule has 89 valence electrons. The highest BCUT2D eigenvalue weighted by molar-refractivity contribution is 5.73. The Morgan fingerprint density at radius 3 is 2.69 bits per heavy atom. The van der Waals surface area contributed by atoms with Crippen LogP contribution in [0.15, 0.2) is 6.20 Å². The second-order valence-electron chi connectivity index (χ2n) is 4.09. The number of aromatic nitrogens is 2. The number of imidazole rings is 1. The summed E-state index contributed by atoms with van der Waals surface area (Å²) in [4.78, 5) is 14.5. The van der Waals surface area contributed by atoms with Crippen molar-refractivity contribution in [3.63, 3.8) is 0 Å². The van der Waals surface area contributed by atoms with Crippen molar-refractivity contribution in [2.75, 3.05) is 0 Å². The number of amides is 1. The molecule has 0 spiro atoms. The van der Waals surface area contributed by atoms with Gasteiger partial charge in [-0.2, -0.15) is 0 Å². The first-order valence-corrected chi connectivity index (χ1v) is 5.88. The Morgan fingerprint density at radius 1 is 1.38 bits per heavy atom. The smallest absolute Gasteiger partial charge is 0.217 e. The molecule has 0 saturated carbocycles. The summed E-state index contributed by atoms with van der Waals surface area (Å²) in [6.07, 6.45) is 10.8. The first kappa shape index (κ1) is 12.7. The number of nitrogens with zero attached hydrogens (tertiary/aromatic N) is 2. The standard InChI is InChI=1S/C12H20N3O/c1-11-14-8-10-15(11)9-6-4-2-3-5-7-12(13)16/h10H,2-7,9H2,1H3,(H2,13,16). The zero-order chi connectivity index (χ0) is 11.8. The van der Waals surface area contributed by atoms with Crippen LogP contribution in [0.25, 0.3) is 0 Å². The van der Waals surface area contributed by atoms with Crippen LogP contribution in [0, 0.1) is 13.1 Å². The summed E-state index contributed by atoms with van der Waals surface area (Å²) < 4.78 is 2.11. The number of primary amides is 1. The van der Waals surface area contributed by atoms with E-state index in [-0.39, 0.29) is 5.91 Å². The van der Waals surface area contributed by atoms with Crippen LogP contribution in [0.2, 0.25) is 0 Å². The molecule has 1 radical (unpaired) electrons. The van der Waals surface area contributed by atoms with Gasteiger partial charge in [0.05, 0.1) is 0 Å². The molecule has 0 bridgehead atoms. The molecule has 0 aliphatic rings. The normalized spacial score (nSPS) is 10.6. The number of rotatable bonds is 8. The second-order valence-corrected chi connectivity index (χ2v) is 4.09. The quantitative estimate of drug-likeness (QED) is 0.682. The van der Waals surface area contributed by atoms with Gasteiger partial charge >= 0.3 is 0 Å². The molecule has 1 heterocycles. The summed E-state index contributed by atoms with van der Waals surface area (Å²) in [7, 11) is 0. The van der Waals surface area contributed by atoms with E-state index < -0.39 is 0 Å². The average molecular weight is 222 g/mol. The van der Waals surface area contributed by atoms with Crippen molar-refractivity contribution in [1.82, 2.24) is 9.55 Å². The van der Waals surface area contributed by atoms with E-state index in [4.69, 9.17) is 5.73 Å². The van der Waals surface area contributed by atoms with Crippen LogP contribution in [-0.2, 0) is 11.3 Å². The van der Waals surface area contributed by atoms with Crippen LogP contribution >= 0.6 is 0 Å². The fourth-order valence-electron chi connectivity index (χ4n) is 1.69. The van der Waals surface area contributed by atoms with E-state index >= 15 is 0 Å². The predicted molar refractivity (Wildman–Crippen MR) is 62.7 cm³/mol. The highest BCUT2D eigenvalue weighted by atomic mass is 16.1. The first-order chi connectivity index (χ1) is 7.70. The van der Waals surface area contributed by atoms with E-state index in [0.717, 1.165) is 31.6 Å². The van der Waals surface area contributed by atoms with Gasteiger partial charge in [-0.05, 0) is 19.8 Å². The monoisotopic (exact) mass is 222 g/mol. The van der Waals surface area contributed by atoms with Crippen LogP contribution in [0.5, 0.6) is 0 Å². The maximum Gasteiger partial charge on any atom is 0.217 e. The fourth-order valence-corrected chi connectivity index (χ4v) is 1.69. The van der Waals surface area contributed by atoms with Crippen LogP contribution in [0.3, 0.4) is 0 Å². The molecule has 0 saturated heterocycles. The Labute approximate surface area is 96.9 Å². The number of hydrogen-bond acceptors (Lipinski definition) is 2. The molecule has 0 unspecified atom stereocenters. The summed E-state index contributed by atoms with van der Waals surface area (Å²) >= 11 is 0. The van der Waals surface area contributed by atoms with Crippen LogP contribution in [0.4, 0.5) is 0 Å². The number of aryl methyl sites for hydroxylation is 2. The molecule has 0 aliphatic heterocycles. The van der Waals surface area contributed by atoms with Crippen molar-refractivity contribution in [3.8, 4) is 0 Å². The Kier molecular flexibility index (Phi) is 5.61. The van der Waals surface area contributed by atoms with E-state index in [0.29, 0.717) is 6.42 Å². The molecule has 4 heteroatoms. The van der Waals surface area contributed by atoms with Crippen LogP contribution in [-0.4, -0.2) is 15.5 Å². The van der Waals surface area contributed by atoms with Gasteiger partial charge in [0.25, 0.3) is 0 Å². The molecular weight excluding hydrogens is 202 g/mol. The lowest BCUT2D eigenvalue weighted by atomic mass is 10.1. The van der Waals surface area contributed by atoms with E-state index in [9.17, 15) is 4.79 Å². The third-order valence-corrected chi connectivity index (χ3v) is 2.68. The third kappa shape index (κ3) is 4.96. The Morgan fingerprint density at radius 2 is 2.06 bits per heavy atom. The Hall–Kier alpha value is -1.32. The number of carbonyl (C=O) groups is 1. The summed E-state index contributed by atoms with van der Waals surface area (Å²) in [5.74, 6) is 0.832. The van der Waals surface area contributed by atoms with Crippen LogP contribution in [0.1, 0.15) is 44.3 Å². The molecule has 1 amide bonds. The summed E-state index contributed by atoms with van der Waals surface area (Å²) in [5, 5.41) is 0. The van der Waals surface area contributed by atoms with Crippen molar-refractivity contribution in [3.05, 3.63) is 18.2 Å². The van der Waals surface area contributed by atoms with Gasteiger partial charge in [0.2, 0.25) is 5.91 Å². The topological polar surface area (TPSA) is 60.9 Å². The van der Waals surface area contributed by atoms with Crippen molar-refractivity contribution in [1.29, 1.82) is 0 Å². The lowest BCUT2D eigenvalue weighted by molar-refractivity contribution is -0.118. The third-order valence-electron chi connectivity index (χ3n) is 2.68. The second kappa shape index (κ2) is 7.04. The fraction of sp³-hybridized carbons (Fsp3) is 0.667. The SMILES string of the molecule is Cc1n[c]cn1CCCCCCCC(N)=O. The minimum atomic E-state index is -0.190. The van der Waals surface area contributed by atoms with E-state index in [2.05, 4.69) is 15.7 Å². The van der Waals surface area contributed by atoms with Crippen molar-refractivity contribution < 1.29 is 4.79 Å². The number of unbranched alkanes of at least 4 members (excludes halogenated alkanes) is 4. The van der Waals surface area contributed by atoms with Crippen molar-refractivity contribution in [2.24, 2.45) is 5.73 Å². The van der Waals surface area contributed by atoms with Crippen molar-refractivity contribution >= 4 is 5.91 Å². The number of hydrogen-bond donors (Lipinski definition) is 1. The van der Waals surface area contributed by atoms with Crippen LogP contribution < -0.4 is 5.73 Å².